The number of hydrogen-bond donors (Lipinski definition) is 3. The van der Waals surface area contributed by atoms with E-state index < -0.39 is 0 Å². The zero-order valence-electron chi connectivity index (χ0n) is 32.1. The Labute approximate surface area is 320 Å². The number of hydrogen-bond acceptors (Lipinski definition) is 10. The minimum absolute atomic E-state index is 0.0517. The van der Waals surface area contributed by atoms with Crippen molar-refractivity contribution in [2.45, 2.75) is 83.5 Å². The molecule has 3 N–H and O–H groups in total. The van der Waals surface area contributed by atoms with Gasteiger partial charge in [-0.15, -0.1) is 0 Å². The summed E-state index contributed by atoms with van der Waals surface area (Å²) >= 11 is 0. The van der Waals surface area contributed by atoms with E-state index in [2.05, 4.69) is 16.0 Å². The predicted octanol–water partition coefficient (Wildman–Crippen LogP) is 3.25. The summed E-state index contributed by atoms with van der Waals surface area (Å²) in [5.74, 6) is 0.00273. The highest BCUT2D eigenvalue weighted by Gasteiger charge is 2.32. The molecule has 4 amide bonds. The number of carbonyl (C=O) groups excluding carboxylic acids is 6. The van der Waals surface area contributed by atoms with E-state index in [1.54, 1.807) is 11.9 Å². The number of ether oxygens (including phenoxy) is 4. The van der Waals surface area contributed by atoms with Gasteiger partial charge in [-0.2, -0.15) is 0 Å². The molecule has 1 atom stereocenters. The Hall–Kier alpha value is -3.72. The smallest absolute Gasteiger partial charge is 0.226 e. The molecule has 0 heterocycles. The number of aryl methyl sites for hydroxylation is 1. The van der Waals surface area contributed by atoms with Gasteiger partial charge in [0.05, 0.1) is 59.3 Å². The number of nitrogens with zero attached hydrogens (tertiary/aromatic N) is 1. The SMILES string of the molecule is CN(CCC(=O)NCCOCCOCCOCCOCCC(=O)Nc1ccc(CCC(=O)NCCC(=O)C2CCC2)cc1)C(=O)C(CC=O)C1CCCC1. The predicted molar refractivity (Wildman–Crippen MR) is 203 cm³/mol. The first-order valence-corrected chi connectivity index (χ1v) is 19.7. The molecule has 2 aliphatic carbocycles. The quantitative estimate of drug-likeness (QED) is 0.0780. The monoisotopic (exact) mass is 758 g/mol. The van der Waals surface area contributed by atoms with Gasteiger partial charge in [0.1, 0.15) is 12.1 Å². The average molecular weight is 759 g/mol. The van der Waals surface area contributed by atoms with E-state index in [9.17, 15) is 28.8 Å². The van der Waals surface area contributed by atoms with Gasteiger partial charge in [0.2, 0.25) is 23.6 Å². The van der Waals surface area contributed by atoms with Gasteiger partial charge in [0, 0.05) is 69.9 Å². The molecule has 3 rings (SSSR count). The summed E-state index contributed by atoms with van der Waals surface area (Å²) in [7, 11) is 1.69. The molecule has 1 unspecified atom stereocenters. The minimum atomic E-state index is -0.281. The van der Waals surface area contributed by atoms with Crippen LogP contribution in [0.3, 0.4) is 0 Å². The Morgan fingerprint density at radius 1 is 0.704 bits per heavy atom. The molecule has 0 aliphatic heterocycles. The number of aldehydes is 1. The topological polar surface area (TPSA) is 179 Å². The van der Waals surface area contributed by atoms with Crippen LogP contribution >= 0.6 is 0 Å². The van der Waals surface area contributed by atoms with Crippen LogP contribution in [0.5, 0.6) is 0 Å². The van der Waals surface area contributed by atoms with Crippen LogP contribution in [0, 0.1) is 17.8 Å². The molecule has 2 saturated carbocycles. The van der Waals surface area contributed by atoms with Crippen molar-refractivity contribution in [2.75, 3.05) is 84.9 Å². The van der Waals surface area contributed by atoms with E-state index in [0.29, 0.717) is 90.8 Å². The molecular formula is C40H62N4O10. The Morgan fingerprint density at radius 3 is 1.91 bits per heavy atom. The summed E-state index contributed by atoms with van der Waals surface area (Å²) in [5, 5.41) is 8.46. The second kappa shape index (κ2) is 27.0. The Bertz CT molecular complexity index is 1280. The Balaban J connectivity index is 1.06. The summed E-state index contributed by atoms with van der Waals surface area (Å²) in [6.45, 7) is 3.98. The lowest BCUT2D eigenvalue weighted by atomic mass is 9.81. The molecule has 0 bridgehead atoms. The van der Waals surface area contributed by atoms with Crippen LogP contribution in [0.1, 0.15) is 82.6 Å². The van der Waals surface area contributed by atoms with Crippen LogP contribution in [-0.2, 0) is 54.1 Å². The standard InChI is InChI=1S/C40H62N4O10/c1-44(40(50)35(17-22-45)32-5-2-3-6-32)21-16-38(48)42-20-24-52-26-28-54-30-29-53-27-25-51-23-18-39(49)43-34-12-9-31(10-13-34)11-14-37(47)41-19-15-36(46)33-7-4-8-33/h9-10,12-13,22,32-33,35H,2-8,11,14-21,23-30H2,1H3,(H,41,47)(H,42,48)(H,43,49). The third-order valence-electron chi connectivity index (χ3n) is 9.98. The molecule has 54 heavy (non-hydrogen) atoms. The maximum Gasteiger partial charge on any atom is 0.226 e. The number of benzene rings is 1. The van der Waals surface area contributed by atoms with Gasteiger partial charge < -0.3 is 44.6 Å². The van der Waals surface area contributed by atoms with Gasteiger partial charge >= 0.3 is 0 Å². The highest BCUT2D eigenvalue weighted by atomic mass is 16.6. The van der Waals surface area contributed by atoms with Crippen molar-refractivity contribution < 1.29 is 47.7 Å². The third-order valence-corrected chi connectivity index (χ3v) is 9.98. The summed E-state index contributed by atoms with van der Waals surface area (Å²) < 4.78 is 21.9. The molecule has 1 aromatic rings. The van der Waals surface area contributed by atoms with Crippen molar-refractivity contribution in [2.24, 2.45) is 17.8 Å². The number of amides is 4. The largest absolute Gasteiger partial charge is 0.379 e. The van der Waals surface area contributed by atoms with E-state index in [1.807, 2.05) is 24.3 Å². The van der Waals surface area contributed by atoms with Crippen LogP contribution in [0.4, 0.5) is 5.69 Å². The lowest BCUT2D eigenvalue weighted by molar-refractivity contribution is -0.138. The van der Waals surface area contributed by atoms with Crippen LogP contribution in [0.2, 0.25) is 0 Å². The maximum atomic E-state index is 12.8. The van der Waals surface area contributed by atoms with E-state index >= 15 is 0 Å². The van der Waals surface area contributed by atoms with Crippen LogP contribution in [-0.4, -0.2) is 120 Å². The highest BCUT2D eigenvalue weighted by Crippen LogP contribution is 2.33. The van der Waals surface area contributed by atoms with E-state index in [4.69, 9.17) is 18.9 Å². The Morgan fingerprint density at radius 2 is 1.30 bits per heavy atom. The first-order chi connectivity index (χ1) is 26.3. The molecule has 14 heteroatoms. The number of ketones is 1. The number of nitrogens with one attached hydrogen (secondary N) is 3. The molecule has 0 spiro atoms. The van der Waals surface area contributed by atoms with Crippen molar-refractivity contribution >= 4 is 41.4 Å². The minimum Gasteiger partial charge on any atom is -0.379 e. The van der Waals surface area contributed by atoms with Gasteiger partial charge in [-0.25, -0.2) is 0 Å². The molecule has 14 nitrogen and oxygen atoms in total. The summed E-state index contributed by atoms with van der Waals surface area (Å²) in [6.07, 6.45) is 10.1. The van der Waals surface area contributed by atoms with Gasteiger partial charge in [0.25, 0.3) is 0 Å². The van der Waals surface area contributed by atoms with Crippen molar-refractivity contribution in [1.82, 2.24) is 15.5 Å². The van der Waals surface area contributed by atoms with Crippen molar-refractivity contribution in [3.8, 4) is 0 Å². The van der Waals surface area contributed by atoms with E-state index in [0.717, 1.165) is 56.8 Å². The summed E-state index contributed by atoms with van der Waals surface area (Å²) in [4.78, 5) is 74.0. The lowest BCUT2D eigenvalue weighted by Gasteiger charge is -2.26. The van der Waals surface area contributed by atoms with Gasteiger partial charge in [-0.1, -0.05) is 31.4 Å². The molecule has 0 saturated heterocycles. The van der Waals surface area contributed by atoms with Crippen molar-refractivity contribution in [3.05, 3.63) is 29.8 Å². The molecule has 2 fully saturated rings. The zero-order chi connectivity index (χ0) is 38.8. The van der Waals surface area contributed by atoms with Gasteiger partial charge in [-0.3, -0.25) is 24.0 Å². The second-order valence-electron chi connectivity index (χ2n) is 14.1. The van der Waals surface area contributed by atoms with E-state index in [1.165, 1.54) is 0 Å². The first-order valence-electron chi connectivity index (χ1n) is 19.7. The summed E-state index contributed by atoms with van der Waals surface area (Å²) in [6, 6.07) is 7.39. The van der Waals surface area contributed by atoms with E-state index in [-0.39, 0.29) is 73.0 Å². The zero-order valence-corrected chi connectivity index (χ0v) is 32.1. The molecule has 2 aliphatic rings. The molecule has 1 aromatic carbocycles. The summed E-state index contributed by atoms with van der Waals surface area (Å²) in [5.41, 5.74) is 1.66. The first kappa shape index (κ1) is 44.7. The lowest BCUT2D eigenvalue weighted by Crippen LogP contribution is -2.39. The van der Waals surface area contributed by atoms with Crippen molar-refractivity contribution in [1.29, 1.82) is 0 Å². The third kappa shape index (κ3) is 18.5. The fraction of sp³-hybridized carbons (Fsp3) is 0.700. The number of Topliss-reactive ketones (excluding diaryl/α,β-unsaturated/α-hetero) is 1. The van der Waals surface area contributed by atoms with Crippen LogP contribution in [0.25, 0.3) is 0 Å². The normalized spacial score (nSPS) is 14.9. The second-order valence-corrected chi connectivity index (χ2v) is 14.1. The van der Waals surface area contributed by atoms with Crippen LogP contribution in [0.15, 0.2) is 24.3 Å². The number of rotatable bonds is 30. The number of anilines is 1. The van der Waals surface area contributed by atoms with Gasteiger partial charge in [-0.05, 0) is 55.7 Å². The Kier molecular flexibility index (Phi) is 22.3. The highest BCUT2D eigenvalue weighted by molar-refractivity contribution is 5.90. The molecular weight excluding hydrogens is 696 g/mol. The van der Waals surface area contributed by atoms with Gasteiger partial charge in [0.15, 0.2) is 0 Å². The molecule has 0 radical (unpaired) electrons. The number of carbonyl (C=O) groups is 6. The average Bonchev–Trinajstić information content (AvgIpc) is 3.68. The molecule has 302 valence electrons. The molecule has 0 aromatic heterocycles. The fourth-order valence-electron chi connectivity index (χ4n) is 6.48. The van der Waals surface area contributed by atoms with Crippen molar-refractivity contribution in [3.63, 3.8) is 0 Å². The maximum absolute atomic E-state index is 12.8. The fourth-order valence-corrected chi connectivity index (χ4v) is 6.48. The van der Waals surface area contributed by atoms with Crippen LogP contribution < -0.4 is 16.0 Å².